The molecule has 0 aliphatic carbocycles. The minimum atomic E-state index is -0.362. The van der Waals surface area contributed by atoms with E-state index in [-0.39, 0.29) is 5.82 Å². The highest BCUT2D eigenvalue weighted by atomic mass is 79.9. The minimum absolute atomic E-state index is 0.362. The van der Waals surface area contributed by atoms with Gasteiger partial charge in [0.15, 0.2) is 5.82 Å². The Morgan fingerprint density at radius 3 is 2.86 bits per heavy atom. The van der Waals surface area contributed by atoms with E-state index in [0.717, 1.165) is 11.1 Å². The zero-order valence-electron chi connectivity index (χ0n) is 11.1. The van der Waals surface area contributed by atoms with Gasteiger partial charge in [-0.15, -0.1) is 5.10 Å². The van der Waals surface area contributed by atoms with Crippen LogP contribution in [0.5, 0.6) is 0 Å². The first-order chi connectivity index (χ1) is 10.1. The smallest absolute Gasteiger partial charge is 0.187 e. The largest absolute Gasteiger partial charge is 0.398 e. The average molecular weight is 348 g/mol. The maximum Gasteiger partial charge on any atom is 0.187 e. The van der Waals surface area contributed by atoms with Crippen molar-refractivity contribution in [1.29, 1.82) is 0 Å². The van der Waals surface area contributed by atoms with Crippen molar-refractivity contribution in [1.82, 2.24) is 20.2 Å². The molecule has 0 aliphatic heterocycles. The molecule has 0 aliphatic rings. The van der Waals surface area contributed by atoms with Crippen LogP contribution in [0.2, 0.25) is 0 Å². The number of nitrogens with zero attached hydrogens (tertiary/aromatic N) is 4. The standard InChI is InChI=1S/C14H11BrFN5/c1-8-10(3-2-4-12(8)17)14-18-19-20-21(14)13-7-9(16)5-6-11(13)15/h2-7H,17H2,1H3. The van der Waals surface area contributed by atoms with E-state index in [0.29, 0.717) is 21.7 Å². The molecular weight excluding hydrogens is 337 g/mol. The highest BCUT2D eigenvalue weighted by Crippen LogP contribution is 2.29. The summed E-state index contributed by atoms with van der Waals surface area (Å²) in [4.78, 5) is 0. The van der Waals surface area contributed by atoms with E-state index in [2.05, 4.69) is 31.5 Å². The van der Waals surface area contributed by atoms with Gasteiger partial charge in [-0.05, 0) is 57.0 Å². The first-order valence-corrected chi connectivity index (χ1v) is 6.96. The Balaban J connectivity index is 2.22. The molecule has 0 amide bonds. The second-order valence-electron chi connectivity index (χ2n) is 4.53. The van der Waals surface area contributed by atoms with E-state index in [4.69, 9.17) is 5.73 Å². The molecular formula is C14H11BrFN5. The summed E-state index contributed by atoms with van der Waals surface area (Å²) in [5, 5.41) is 11.7. The molecule has 0 spiro atoms. The summed E-state index contributed by atoms with van der Waals surface area (Å²) in [6, 6.07) is 9.86. The van der Waals surface area contributed by atoms with Gasteiger partial charge in [0.1, 0.15) is 5.82 Å². The van der Waals surface area contributed by atoms with Gasteiger partial charge in [-0.2, -0.15) is 4.68 Å². The maximum atomic E-state index is 13.5. The summed E-state index contributed by atoms with van der Waals surface area (Å²) >= 11 is 3.38. The maximum absolute atomic E-state index is 13.5. The summed E-state index contributed by atoms with van der Waals surface area (Å²) in [5.41, 5.74) is 8.78. The van der Waals surface area contributed by atoms with Crippen LogP contribution in [-0.4, -0.2) is 20.2 Å². The predicted octanol–water partition coefficient (Wildman–Crippen LogP) is 3.12. The van der Waals surface area contributed by atoms with Gasteiger partial charge in [-0.1, -0.05) is 12.1 Å². The number of nitrogens with two attached hydrogens (primary N) is 1. The topological polar surface area (TPSA) is 69.6 Å². The minimum Gasteiger partial charge on any atom is -0.398 e. The van der Waals surface area contributed by atoms with Gasteiger partial charge in [-0.25, -0.2) is 4.39 Å². The van der Waals surface area contributed by atoms with Crippen LogP contribution in [0.25, 0.3) is 17.1 Å². The third-order valence-electron chi connectivity index (χ3n) is 3.22. The fourth-order valence-electron chi connectivity index (χ4n) is 2.06. The number of halogens is 2. The Kier molecular flexibility index (Phi) is 3.42. The van der Waals surface area contributed by atoms with E-state index < -0.39 is 0 Å². The molecule has 2 N–H and O–H groups in total. The van der Waals surface area contributed by atoms with Gasteiger partial charge in [0.25, 0.3) is 0 Å². The lowest BCUT2D eigenvalue weighted by Gasteiger charge is -2.10. The van der Waals surface area contributed by atoms with Crippen molar-refractivity contribution >= 4 is 21.6 Å². The highest BCUT2D eigenvalue weighted by Gasteiger charge is 2.16. The van der Waals surface area contributed by atoms with Gasteiger partial charge in [0.2, 0.25) is 0 Å². The quantitative estimate of drug-likeness (QED) is 0.723. The molecule has 1 aromatic heterocycles. The second kappa shape index (κ2) is 5.25. The van der Waals surface area contributed by atoms with E-state index in [1.165, 1.54) is 16.8 Å². The molecule has 3 rings (SSSR count). The average Bonchev–Trinajstić information content (AvgIpc) is 2.93. The molecule has 1 heterocycles. The number of nitrogen functional groups attached to an aromatic ring is 1. The van der Waals surface area contributed by atoms with E-state index in [9.17, 15) is 4.39 Å². The number of tetrazole rings is 1. The molecule has 3 aromatic rings. The summed E-state index contributed by atoms with van der Waals surface area (Å²) in [6.07, 6.45) is 0. The molecule has 0 atom stereocenters. The summed E-state index contributed by atoms with van der Waals surface area (Å²) in [6.45, 7) is 1.89. The zero-order valence-corrected chi connectivity index (χ0v) is 12.7. The van der Waals surface area contributed by atoms with E-state index in [1.807, 2.05) is 25.1 Å². The SMILES string of the molecule is Cc1c(N)cccc1-c1nnnn1-c1cc(F)ccc1Br. The molecule has 0 saturated carbocycles. The molecule has 21 heavy (non-hydrogen) atoms. The Hall–Kier alpha value is -2.28. The Labute approximate surface area is 128 Å². The number of hydrogen-bond acceptors (Lipinski definition) is 4. The van der Waals surface area contributed by atoms with Crippen molar-refractivity contribution < 1.29 is 4.39 Å². The lowest BCUT2D eigenvalue weighted by atomic mass is 10.1. The van der Waals surface area contributed by atoms with Crippen molar-refractivity contribution in [2.45, 2.75) is 6.92 Å². The van der Waals surface area contributed by atoms with Crippen molar-refractivity contribution in [2.75, 3.05) is 5.73 Å². The van der Waals surface area contributed by atoms with Crippen LogP contribution >= 0.6 is 15.9 Å². The van der Waals surface area contributed by atoms with Crippen molar-refractivity contribution in [2.24, 2.45) is 0 Å². The van der Waals surface area contributed by atoms with Crippen molar-refractivity contribution in [3.63, 3.8) is 0 Å². The van der Waals surface area contributed by atoms with Gasteiger partial charge in [0, 0.05) is 21.8 Å². The molecule has 0 bridgehead atoms. The van der Waals surface area contributed by atoms with Crippen LogP contribution in [0.1, 0.15) is 5.56 Å². The number of aromatic nitrogens is 4. The molecule has 7 heteroatoms. The Morgan fingerprint density at radius 2 is 2.05 bits per heavy atom. The van der Waals surface area contributed by atoms with Crippen LogP contribution in [0, 0.1) is 12.7 Å². The van der Waals surface area contributed by atoms with Crippen LogP contribution in [0.15, 0.2) is 40.9 Å². The first-order valence-electron chi connectivity index (χ1n) is 6.17. The summed E-state index contributed by atoms with van der Waals surface area (Å²) in [5.74, 6) is 0.144. The lowest BCUT2D eigenvalue weighted by Crippen LogP contribution is -2.03. The Morgan fingerprint density at radius 1 is 1.24 bits per heavy atom. The predicted molar refractivity (Wildman–Crippen MR) is 81.4 cm³/mol. The number of rotatable bonds is 2. The number of benzene rings is 2. The number of hydrogen-bond donors (Lipinski definition) is 1. The van der Waals surface area contributed by atoms with Crippen molar-refractivity contribution in [3.05, 3.63) is 52.3 Å². The monoisotopic (exact) mass is 347 g/mol. The van der Waals surface area contributed by atoms with Crippen molar-refractivity contribution in [3.8, 4) is 17.1 Å². The molecule has 2 aromatic carbocycles. The third kappa shape index (κ3) is 2.40. The molecule has 0 saturated heterocycles. The summed E-state index contributed by atoms with van der Waals surface area (Å²) in [7, 11) is 0. The molecule has 0 fully saturated rings. The van der Waals surface area contributed by atoms with Crippen LogP contribution in [0.3, 0.4) is 0 Å². The van der Waals surface area contributed by atoms with Crippen LogP contribution in [-0.2, 0) is 0 Å². The van der Waals surface area contributed by atoms with Crippen LogP contribution in [0.4, 0.5) is 10.1 Å². The van der Waals surface area contributed by atoms with Crippen LogP contribution < -0.4 is 5.73 Å². The zero-order chi connectivity index (χ0) is 15.0. The molecule has 106 valence electrons. The molecule has 0 unspecified atom stereocenters. The summed E-state index contributed by atoms with van der Waals surface area (Å²) < 4.78 is 15.7. The fraction of sp³-hybridized carbons (Fsp3) is 0.0714. The Bertz CT molecular complexity index is 798. The van der Waals surface area contributed by atoms with E-state index >= 15 is 0 Å². The van der Waals surface area contributed by atoms with Gasteiger partial charge < -0.3 is 5.73 Å². The number of anilines is 1. The second-order valence-corrected chi connectivity index (χ2v) is 5.38. The normalized spacial score (nSPS) is 10.8. The molecule has 0 radical (unpaired) electrons. The van der Waals surface area contributed by atoms with Gasteiger partial charge in [0.05, 0.1) is 5.69 Å². The third-order valence-corrected chi connectivity index (χ3v) is 3.89. The molecule has 5 nitrogen and oxygen atoms in total. The van der Waals surface area contributed by atoms with E-state index in [1.54, 1.807) is 6.07 Å². The fourth-order valence-corrected chi connectivity index (χ4v) is 2.48. The first kappa shape index (κ1) is 13.7. The van der Waals surface area contributed by atoms with Gasteiger partial charge >= 0.3 is 0 Å². The van der Waals surface area contributed by atoms with Gasteiger partial charge in [-0.3, -0.25) is 0 Å². The highest BCUT2D eigenvalue weighted by molar-refractivity contribution is 9.10. The lowest BCUT2D eigenvalue weighted by molar-refractivity contribution is 0.624.